The molecular weight excluding hydrogens is 557 g/mol. The summed E-state index contributed by atoms with van der Waals surface area (Å²) in [7, 11) is 3.33. The van der Waals surface area contributed by atoms with Gasteiger partial charge in [-0.2, -0.15) is 0 Å². The summed E-state index contributed by atoms with van der Waals surface area (Å²) in [6, 6.07) is 17.4. The molecule has 0 fully saturated rings. The van der Waals surface area contributed by atoms with Gasteiger partial charge in [0, 0.05) is 72.4 Å². The van der Waals surface area contributed by atoms with E-state index in [0.717, 1.165) is 33.3 Å². The number of halogens is 1. The van der Waals surface area contributed by atoms with Gasteiger partial charge in [0.15, 0.2) is 0 Å². The number of carbonyl (C=O) groups is 2. The van der Waals surface area contributed by atoms with Crippen LogP contribution in [0.4, 0.5) is 9.18 Å². The predicted molar refractivity (Wildman–Crippen MR) is 159 cm³/mol. The maximum atomic E-state index is 13.6. The van der Waals surface area contributed by atoms with Crippen molar-refractivity contribution >= 4 is 40.4 Å². The third-order valence-corrected chi connectivity index (χ3v) is 8.31. The highest BCUT2D eigenvalue weighted by Gasteiger charge is 2.30. The highest BCUT2D eigenvalue weighted by Crippen LogP contribution is 2.43. The molecule has 1 aliphatic rings. The number of nitrogens with zero attached hydrogens (tertiary/aromatic N) is 5. The first-order valence-corrected chi connectivity index (χ1v) is 14.1. The summed E-state index contributed by atoms with van der Waals surface area (Å²) in [5, 5.41) is 14.3. The van der Waals surface area contributed by atoms with E-state index < -0.39 is 12.6 Å². The van der Waals surface area contributed by atoms with E-state index >= 15 is 0 Å². The first kappa shape index (κ1) is 27.3. The zero-order valence-electron chi connectivity index (χ0n) is 22.8. The van der Waals surface area contributed by atoms with E-state index in [0.29, 0.717) is 22.5 Å². The van der Waals surface area contributed by atoms with Gasteiger partial charge in [0.05, 0.1) is 5.52 Å². The van der Waals surface area contributed by atoms with Crippen LogP contribution >= 0.6 is 11.8 Å². The molecule has 4 heterocycles. The predicted octanol–water partition coefficient (Wildman–Crippen LogP) is 5.82. The lowest BCUT2D eigenvalue weighted by molar-refractivity contribution is -0.142. The van der Waals surface area contributed by atoms with Crippen LogP contribution in [-0.2, 0) is 15.4 Å². The number of rotatable bonds is 7. The Morgan fingerprint density at radius 3 is 2.62 bits per heavy atom. The minimum Gasteiger partial charge on any atom is -0.479 e. The van der Waals surface area contributed by atoms with E-state index in [1.165, 1.54) is 21.6 Å². The van der Waals surface area contributed by atoms with Crippen molar-refractivity contribution in [2.75, 3.05) is 20.7 Å². The summed E-state index contributed by atoms with van der Waals surface area (Å²) in [5.74, 6) is -0.801. The molecule has 212 valence electrons. The summed E-state index contributed by atoms with van der Waals surface area (Å²) in [6.45, 7) is -0.614. The Morgan fingerprint density at radius 2 is 1.90 bits per heavy atom. The van der Waals surface area contributed by atoms with Gasteiger partial charge in [0.25, 0.3) is 0 Å². The van der Waals surface area contributed by atoms with Crippen LogP contribution in [0, 0.1) is 5.82 Å². The summed E-state index contributed by atoms with van der Waals surface area (Å²) in [4.78, 5) is 35.7. The average molecular weight is 584 g/mol. The first-order valence-electron chi connectivity index (χ1n) is 13.1. The second-order valence-corrected chi connectivity index (χ2v) is 11.0. The largest absolute Gasteiger partial charge is 0.479 e. The number of aliphatic carboxylic acids is 1. The molecule has 0 saturated heterocycles. The first-order chi connectivity index (χ1) is 20.3. The number of aromatic nitrogens is 3. The number of benzene rings is 2. The van der Waals surface area contributed by atoms with Crippen LogP contribution in [-0.4, -0.2) is 62.5 Å². The number of fused-ring (bicyclic) bond motifs is 2. The van der Waals surface area contributed by atoms with E-state index in [2.05, 4.69) is 14.7 Å². The number of thioether (sulfide) groups is 1. The van der Waals surface area contributed by atoms with Gasteiger partial charge in [-0.15, -0.1) is 11.8 Å². The zero-order valence-corrected chi connectivity index (χ0v) is 23.6. The summed E-state index contributed by atoms with van der Waals surface area (Å²) in [5.41, 5.74) is 6.09. The molecule has 11 heteroatoms. The highest BCUT2D eigenvalue weighted by molar-refractivity contribution is 7.99. The van der Waals surface area contributed by atoms with Crippen molar-refractivity contribution in [2.45, 2.75) is 11.1 Å². The van der Waals surface area contributed by atoms with Gasteiger partial charge >= 0.3 is 12.0 Å². The Balaban J connectivity index is 1.51. The van der Waals surface area contributed by atoms with Crippen molar-refractivity contribution < 1.29 is 23.9 Å². The molecule has 0 aliphatic carbocycles. The van der Waals surface area contributed by atoms with E-state index in [-0.39, 0.29) is 17.2 Å². The number of carboxylic acids is 1. The number of hydrogen-bond donors (Lipinski definition) is 1. The SMILES string of the molecule is CN(C)C(=O)n1cc(/C(=N/OCC(=O)O)c2ccn3c2CS[C@@H]3c2cccnc2)c2ccc(-c3ccc(F)cc3)cc21. The van der Waals surface area contributed by atoms with Gasteiger partial charge in [-0.05, 0) is 41.5 Å². The Kier molecular flexibility index (Phi) is 7.26. The van der Waals surface area contributed by atoms with Crippen LogP contribution in [0.15, 0.2) is 90.6 Å². The minimum absolute atomic E-state index is 0.0265. The number of amides is 1. The topological polar surface area (TPSA) is 102 Å². The van der Waals surface area contributed by atoms with E-state index in [4.69, 9.17) is 4.84 Å². The molecule has 0 unspecified atom stereocenters. The molecule has 5 aromatic rings. The molecule has 0 spiro atoms. The normalized spacial score (nSPS) is 14.6. The number of carbonyl (C=O) groups excluding carboxylic acids is 1. The lowest BCUT2D eigenvalue weighted by Gasteiger charge is -2.12. The van der Waals surface area contributed by atoms with Crippen LogP contribution in [0.2, 0.25) is 0 Å². The van der Waals surface area contributed by atoms with Gasteiger partial charge in [-0.3, -0.25) is 9.55 Å². The van der Waals surface area contributed by atoms with Crippen molar-refractivity contribution in [2.24, 2.45) is 5.16 Å². The molecule has 0 bridgehead atoms. The van der Waals surface area contributed by atoms with Crippen LogP contribution in [0.5, 0.6) is 0 Å². The second kappa shape index (κ2) is 11.2. The number of carboxylic acid groups (broad SMARTS) is 1. The van der Waals surface area contributed by atoms with Gasteiger partial charge in [0.2, 0.25) is 6.61 Å². The fraction of sp³-hybridized carbons (Fsp3) is 0.161. The molecule has 3 aromatic heterocycles. The average Bonchev–Trinajstić information content (AvgIpc) is 3.70. The van der Waals surface area contributed by atoms with Crippen molar-refractivity contribution in [1.82, 2.24) is 19.0 Å². The molecule has 0 radical (unpaired) electrons. The van der Waals surface area contributed by atoms with Crippen molar-refractivity contribution in [3.8, 4) is 11.1 Å². The zero-order chi connectivity index (χ0) is 29.4. The van der Waals surface area contributed by atoms with Gasteiger partial charge in [0.1, 0.15) is 16.9 Å². The molecule has 6 rings (SSSR count). The van der Waals surface area contributed by atoms with Crippen LogP contribution in [0.1, 0.15) is 27.8 Å². The molecular formula is C31H26FN5O4S. The number of pyridine rings is 1. The standard InChI is InChI=1S/C31H26FN5O4S/c1-35(2)31(40)37-16-25(23-10-7-20(14-26(23)37)19-5-8-22(32)9-6-19)29(34-41-17-28(38)39)24-11-13-36-27(24)18-42-30(36)21-4-3-12-33-15-21/h3-16,30H,17-18H2,1-2H3,(H,38,39)/b34-29+/t30-/m1/s1. The van der Waals surface area contributed by atoms with Gasteiger partial charge in [-0.1, -0.05) is 35.5 Å². The summed E-state index contributed by atoms with van der Waals surface area (Å²) < 4.78 is 17.3. The maximum absolute atomic E-state index is 13.6. The van der Waals surface area contributed by atoms with E-state index in [1.54, 1.807) is 50.4 Å². The summed E-state index contributed by atoms with van der Waals surface area (Å²) >= 11 is 1.74. The smallest absolute Gasteiger partial charge is 0.344 e. The van der Waals surface area contributed by atoms with Gasteiger partial charge < -0.3 is 19.4 Å². The third kappa shape index (κ3) is 5.03. The molecule has 2 aromatic carbocycles. The van der Waals surface area contributed by atoms with Crippen LogP contribution in [0.3, 0.4) is 0 Å². The Morgan fingerprint density at radius 1 is 1.12 bits per heavy atom. The maximum Gasteiger partial charge on any atom is 0.344 e. The monoisotopic (exact) mass is 583 g/mol. The quantitative estimate of drug-likeness (QED) is 0.191. The highest BCUT2D eigenvalue weighted by atomic mass is 32.2. The molecule has 1 N–H and O–H groups in total. The van der Waals surface area contributed by atoms with Crippen molar-refractivity contribution in [3.63, 3.8) is 0 Å². The van der Waals surface area contributed by atoms with Crippen molar-refractivity contribution in [1.29, 1.82) is 0 Å². The molecule has 1 atom stereocenters. The van der Waals surface area contributed by atoms with Crippen LogP contribution in [0.25, 0.3) is 22.0 Å². The third-order valence-electron chi connectivity index (χ3n) is 7.05. The fourth-order valence-electron chi connectivity index (χ4n) is 5.09. The summed E-state index contributed by atoms with van der Waals surface area (Å²) in [6.07, 6.45) is 7.26. The number of hydrogen-bond acceptors (Lipinski definition) is 6. The Labute approximate surface area is 244 Å². The lowest BCUT2D eigenvalue weighted by Crippen LogP contribution is -2.26. The molecule has 42 heavy (non-hydrogen) atoms. The lowest BCUT2D eigenvalue weighted by atomic mass is 9.99. The van der Waals surface area contributed by atoms with Crippen LogP contribution < -0.4 is 0 Å². The Bertz CT molecular complexity index is 1830. The second-order valence-electron chi connectivity index (χ2n) is 9.97. The molecule has 0 saturated carbocycles. The fourth-order valence-corrected chi connectivity index (χ4v) is 6.40. The van der Waals surface area contributed by atoms with E-state index in [9.17, 15) is 19.1 Å². The Hall–Kier alpha value is -4.90. The van der Waals surface area contributed by atoms with Crippen molar-refractivity contribution in [3.05, 3.63) is 114 Å². The number of oxime groups is 1. The molecule has 9 nitrogen and oxygen atoms in total. The minimum atomic E-state index is -1.15. The molecule has 1 aliphatic heterocycles. The van der Waals surface area contributed by atoms with E-state index in [1.807, 2.05) is 48.8 Å². The van der Waals surface area contributed by atoms with Gasteiger partial charge in [-0.25, -0.2) is 14.0 Å². The molecule has 1 amide bonds.